The predicted octanol–water partition coefficient (Wildman–Crippen LogP) is 4.82. The molecule has 3 rings (SSSR count). The van der Waals surface area contributed by atoms with E-state index in [2.05, 4.69) is 64.0 Å². The number of ether oxygens (including phenoxy) is 1. The van der Waals surface area contributed by atoms with Crippen LogP contribution in [0.1, 0.15) is 55.7 Å². The minimum atomic E-state index is 0.0942. The fourth-order valence-corrected chi connectivity index (χ4v) is 3.09. The number of nitrogens with zero attached hydrogens (tertiary/aromatic N) is 2. The minimum absolute atomic E-state index is 0.0942. The SMILES string of the molecule is CC(C)c1nc(Br)cc(OC2CCCc3ccccc32)n1. The number of benzene rings is 1. The lowest BCUT2D eigenvalue weighted by Gasteiger charge is -2.26. The number of hydrogen-bond acceptors (Lipinski definition) is 3. The van der Waals surface area contributed by atoms with Gasteiger partial charge in [0.2, 0.25) is 5.88 Å². The third-order valence-corrected chi connectivity index (χ3v) is 4.19. The van der Waals surface area contributed by atoms with Crippen LogP contribution in [0.3, 0.4) is 0 Å². The third-order valence-electron chi connectivity index (χ3n) is 3.78. The Morgan fingerprint density at radius 3 is 2.86 bits per heavy atom. The summed E-state index contributed by atoms with van der Waals surface area (Å²) in [7, 11) is 0. The number of fused-ring (bicyclic) bond motifs is 1. The van der Waals surface area contributed by atoms with Crippen LogP contribution >= 0.6 is 15.9 Å². The standard InChI is InChI=1S/C17H19BrN2O/c1-11(2)17-19-15(18)10-16(20-17)21-14-9-5-7-12-6-3-4-8-13(12)14/h3-4,6,8,10-11,14H,5,7,9H2,1-2H3. The second-order valence-corrected chi connectivity index (χ2v) is 6.55. The predicted molar refractivity (Wildman–Crippen MR) is 86.6 cm³/mol. The molecule has 1 aromatic heterocycles. The summed E-state index contributed by atoms with van der Waals surface area (Å²) in [5.74, 6) is 1.74. The molecule has 1 aliphatic carbocycles. The Hall–Kier alpha value is -1.42. The monoisotopic (exact) mass is 346 g/mol. The van der Waals surface area contributed by atoms with Crippen molar-refractivity contribution in [1.82, 2.24) is 9.97 Å². The summed E-state index contributed by atoms with van der Waals surface area (Å²) in [5, 5.41) is 0. The van der Waals surface area contributed by atoms with Crippen molar-refractivity contribution < 1.29 is 4.74 Å². The van der Waals surface area contributed by atoms with Crippen molar-refractivity contribution in [3.8, 4) is 5.88 Å². The lowest BCUT2D eigenvalue weighted by Crippen LogP contribution is -2.16. The van der Waals surface area contributed by atoms with Gasteiger partial charge in [-0.25, -0.2) is 4.98 Å². The molecule has 1 unspecified atom stereocenters. The van der Waals surface area contributed by atoms with Crippen molar-refractivity contribution in [2.24, 2.45) is 0 Å². The lowest BCUT2D eigenvalue weighted by atomic mass is 9.89. The Bertz CT molecular complexity index is 642. The van der Waals surface area contributed by atoms with Gasteiger partial charge in [0.1, 0.15) is 16.5 Å². The molecule has 1 atom stereocenters. The maximum absolute atomic E-state index is 6.17. The average molecular weight is 347 g/mol. The zero-order chi connectivity index (χ0) is 14.8. The van der Waals surface area contributed by atoms with E-state index in [0.717, 1.165) is 29.7 Å². The first kappa shape index (κ1) is 14.5. The highest BCUT2D eigenvalue weighted by atomic mass is 79.9. The van der Waals surface area contributed by atoms with Gasteiger partial charge in [0.15, 0.2) is 0 Å². The highest BCUT2D eigenvalue weighted by molar-refractivity contribution is 9.10. The molecule has 0 amide bonds. The molecule has 0 saturated heterocycles. The minimum Gasteiger partial charge on any atom is -0.469 e. The van der Waals surface area contributed by atoms with Crippen molar-refractivity contribution in [3.05, 3.63) is 51.9 Å². The van der Waals surface area contributed by atoms with Gasteiger partial charge in [0, 0.05) is 12.0 Å². The Kier molecular flexibility index (Phi) is 4.24. The van der Waals surface area contributed by atoms with E-state index in [-0.39, 0.29) is 12.0 Å². The van der Waals surface area contributed by atoms with Crippen LogP contribution in [0.25, 0.3) is 0 Å². The number of aryl methyl sites for hydroxylation is 1. The van der Waals surface area contributed by atoms with Crippen LogP contribution in [-0.2, 0) is 6.42 Å². The molecule has 0 spiro atoms. The molecule has 0 radical (unpaired) electrons. The van der Waals surface area contributed by atoms with E-state index in [1.165, 1.54) is 11.1 Å². The molecule has 4 heteroatoms. The molecule has 0 bridgehead atoms. The van der Waals surface area contributed by atoms with Crippen LogP contribution in [0, 0.1) is 0 Å². The van der Waals surface area contributed by atoms with Gasteiger partial charge in [-0.05, 0) is 46.3 Å². The topological polar surface area (TPSA) is 35.0 Å². The summed E-state index contributed by atoms with van der Waals surface area (Å²) in [4.78, 5) is 8.93. The fraction of sp³-hybridized carbons (Fsp3) is 0.412. The van der Waals surface area contributed by atoms with Crippen LogP contribution in [0.5, 0.6) is 5.88 Å². The van der Waals surface area contributed by atoms with E-state index in [4.69, 9.17) is 4.74 Å². The Morgan fingerprint density at radius 1 is 1.24 bits per heavy atom. The maximum atomic E-state index is 6.17. The summed E-state index contributed by atoms with van der Waals surface area (Å²) in [6.07, 6.45) is 3.43. The van der Waals surface area contributed by atoms with E-state index in [0.29, 0.717) is 5.88 Å². The molecule has 1 aliphatic rings. The van der Waals surface area contributed by atoms with Gasteiger partial charge in [0.25, 0.3) is 0 Å². The van der Waals surface area contributed by atoms with E-state index in [1.807, 2.05) is 6.07 Å². The first-order valence-corrected chi connectivity index (χ1v) is 8.21. The summed E-state index contributed by atoms with van der Waals surface area (Å²) in [6, 6.07) is 10.4. The first-order chi connectivity index (χ1) is 10.1. The molecular weight excluding hydrogens is 328 g/mol. The summed E-state index contributed by atoms with van der Waals surface area (Å²) in [6.45, 7) is 4.17. The van der Waals surface area contributed by atoms with Crippen molar-refractivity contribution in [1.29, 1.82) is 0 Å². The zero-order valence-corrected chi connectivity index (χ0v) is 13.9. The lowest BCUT2D eigenvalue weighted by molar-refractivity contribution is 0.174. The summed E-state index contributed by atoms with van der Waals surface area (Å²) < 4.78 is 6.95. The summed E-state index contributed by atoms with van der Waals surface area (Å²) in [5.41, 5.74) is 2.69. The van der Waals surface area contributed by atoms with Gasteiger partial charge in [-0.2, -0.15) is 4.98 Å². The zero-order valence-electron chi connectivity index (χ0n) is 12.3. The average Bonchev–Trinajstić information content (AvgIpc) is 2.47. The van der Waals surface area contributed by atoms with Crippen LogP contribution in [-0.4, -0.2) is 9.97 Å². The fourth-order valence-electron chi connectivity index (χ4n) is 2.71. The number of hydrogen-bond donors (Lipinski definition) is 0. The van der Waals surface area contributed by atoms with E-state index < -0.39 is 0 Å². The smallest absolute Gasteiger partial charge is 0.218 e. The molecule has 0 N–H and O–H groups in total. The Morgan fingerprint density at radius 2 is 2.05 bits per heavy atom. The van der Waals surface area contributed by atoms with E-state index in [1.54, 1.807) is 0 Å². The van der Waals surface area contributed by atoms with Crippen molar-refractivity contribution in [2.75, 3.05) is 0 Å². The van der Waals surface area contributed by atoms with Gasteiger partial charge < -0.3 is 4.74 Å². The van der Waals surface area contributed by atoms with E-state index in [9.17, 15) is 0 Å². The van der Waals surface area contributed by atoms with Gasteiger partial charge in [-0.1, -0.05) is 38.1 Å². The van der Waals surface area contributed by atoms with Gasteiger partial charge in [-0.3, -0.25) is 0 Å². The van der Waals surface area contributed by atoms with Gasteiger partial charge in [-0.15, -0.1) is 0 Å². The van der Waals surface area contributed by atoms with Crippen LogP contribution < -0.4 is 4.74 Å². The van der Waals surface area contributed by atoms with Crippen molar-refractivity contribution in [2.45, 2.75) is 45.1 Å². The van der Waals surface area contributed by atoms with Gasteiger partial charge in [0.05, 0.1) is 0 Å². The highest BCUT2D eigenvalue weighted by Gasteiger charge is 2.22. The Labute approximate surface area is 133 Å². The third kappa shape index (κ3) is 3.26. The number of halogens is 1. The second-order valence-electron chi connectivity index (χ2n) is 5.74. The normalized spacial score (nSPS) is 17.6. The molecule has 1 aromatic carbocycles. The molecule has 21 heavy (non-hydrogen) atoms. The quantitative estimate of drug-likeness (QED) is 0.747. The molecule has 0 saturated carbocycles. The molecule has 2 aromatic rings. The largest absolute Gasteiger partial charge is 0.469 e. The highest BCUT2D eigenvalue weighted by Crippen LogP contribution is 2.33. The molecule has 0 aliphatic heterocycles. The second kappa shape index (κ2) is 6.14. The van der Waals surface area contributed by atoms with Gasteiger partial charge >= 0.3 is 0 Å². The van der Waals surface area contributed by atoms with Crippen molar-refractivity contribution >= 4 is 15.9 Å². The van der Waals surface area contributed by atoms with Crippen molar-refractivity contribution in [3.63, 3.8) is 0 Å². The molecule has 3 nitrogen and oxygen atoms in total. The number of aromatic nitrogens is 2. The van der Waals surface area contributed by atoms with Crippen LogP contribution in [0.4, 0.5) is 0 Å². The molecular formula is C17H19BrN2O. The van der Waals surface area contributed by atoms with Crippen LogP contribution in [0.15, 0.2) is 34.9 Å². The molecule has 0 fully saturated rings. The first-order valence-electron chi connectivity index (χ1n) is 7.42. The molecule has 110 valence electrons. The summed E-state index contributed by atoms with van der Waals surface area (Å²) >= 11 is 3.45. The Balaban J connectivity index is 1.88. The number of rotatable bonds is 3. The van der Waals surface area contributed by atoms with Crippen LogP contribution in [0.2, 0.25) is 0 Å². The van der Waals surface area contributed by atoms with E-state index >= 15 is 0 Å². The molecule has 1 heterocycles. The maximum Gasteiger partial charge on any atom is 0.218 e.